The van der Waals surface area contributed by atoms with Crippen LogP contribution < -0.4 is 10.6 Å². The van der Waals surface area contributed by atoms with Crippen molar-refractivity contribution in [1.82, 2.24) is 10.6 Å². The van der Waals surface area contributed by atoms with Crippen molar-refractivity contribution in [1.29, 1.82) is 0 Å². The predicted molar refractivity (Wildman–Crippen MR) is 66.3 cm³/mol. The molecule has 0 aromatic carbocycles. The third-order valence-electron chi connectivity index (χ3n) is 2.47. The molecule has 2 amide bonds. The number of hydrogen-bond donors (Lipinski definition) is 3. The van der Waals surface area contributed by atoms with Gasteiger partial charge in [-0.2, -0.15) is 0 Å². The van der Waals surface area contributed by atoms with Gasteiger partial charge in [-0.3, -0.25) is 0 Å². The van der Waals surface area contributed by atoms with Gasteiger partial charge in [-0.05, 0) is 32.6 Å². The van der Waals surface area contributed by atoms with Crippen molar-refractivity contribution in [3.63, 3.8) is 0 Å². The SMILES string of the molecule is C=CCCCC(C)NC(=O)NC(CC)CO. The Labute approximate surface area is 98.1 Å². The number of carbonyl (C=O) groups excluding carboxylic acids is 1. The molecule has 0 fully saturated rings. The van der Waals surface area contributed by atoms with E-state index in [1.165, 1.54) is 0 Å². The number of hydrogen-bond acceptors (Lipinski definition) is 2. The molecule has 0 saturated heterocycles. The molecule has 2 unspecified atom stereocenters. The summed E-state index contributed by atoms with van der Waals surface area (Å²) in [7, 11) is 0. The molecule has 4 heteroatoms. The first kappa shape index (κ1) is 15.0. The van der Waals surface area contributed by atoms with E-state index in [1.54, 1.807) is 0 Å². The third-order valence-corrected chi connectivity index (χ3v) is 2.47. The Morgan fingerprint density at radius 2 is 2.19 bits per heavy atom. The number of amides is 2. The summed E-state index contributed by atoms with van der Waals surface area (Å²) in [6.45, 7) is 7.53. The first-order valence-electron chi connectivity index (χ1n) is 5.92. The summed E-state index contributed by atoms with van der Waals surface area (Å²) in [5.41, 5.74) is 0. The second-order valence-corrected chi connectivity index (χ2v) is 4.03. The van der Waals surface area contributed by atoms with Crippen LogP contribution in [0.1, 0.15) is 39.5 Å². The van der Waals surface area contributed by atoms with E-state index in [0.717, 1.165) is 25.7 Å². The summed E-state index contributed by atoms with van der Waals surface area (Å²) in [5, 5.41) is 14.5. The zero-order valence-corrected chi connectivity index (χ0v) is 10.3. The van der Waals surface area contributed by atoms with E-state index in [1.807, 2.05) is 19.9 Å². The monoisotopic (exact) mass is 228 g/mol. The van der Waals surface area contributed by atoms with Gasteiger partial charge in [0.05, 0.1) is 12.6 Å². The molecule has 3 N–H and O–H groups in total. The number of unbranched alkanes of at least 4 members (excludes halogenated alkanes) is 1. The van der Waals surface area contributed by atoms with Gasteiger partial charge in [-0.1, -0.05) is 13.0 Å². The quantitative estimate of drug-likeness (QED) is 0.438. The summed E-state index contributed by atoms with van der Waals surface area (Å²) in [6, 6.07) is -0.205. The van der Waals surface area contributed by atoms with E-state index in [-0.39, 0.29) is 24.7 Å². The van der Waals surface area contributed by atoms with Gasteiger partial charge in [-0.25, -0.2) is 4.79 Å². The minimum atomic E-state index is -0.202. The third kappa shape index (κ3) is 7.29. The highest BCUT2D eigenvalue weighted by Crippen LogP contribution is 2.00. The Morgan fingerprint density at radius 1 is 1.50 bits per heavy atom. The normalized spacial score (nSPS) is 13.9. The van der Waals surface area contributed by atoms with Crippen LogP contribution in [0, 0.1) is 0 Å². The summed E-state index contributed by atoms with van der Waals surface area (Å²) < 4.78 is 0. The van der Waals surface area contributed by atoms with Gasteiger partial charge >= 0.3 is 6.03 Å². The lowest BCUT2D eigenvalue weighted by Gasteiger charge is -2.18. The molecule has 0 aromatic rings. The fourth-order valence-electron chi connectivity index (χ4n) is 1.37. The molecule has 4 nitrogen and oxygen atoms in total. The molecule has 0 spiro atoms. The zero-order chi connectivity index (χ0) is 12.4. The first-order valence-corrected chi connectivity index (χ1v) is 5.92. The molecule has 0 radical (unpaired) electrons. The van der Waals surface area contributed by atoms with E-state index in [9.17, 15) is 4.79 Å². The van der Waals surface area contributed by atoms with Crippen molar-refractivity contribution in [2.24, 2.45) is 0 Å². The van der Waals surface area contributed by atoms with Gasteiger partial charge in [0.15, 0.2) is 0 Å². The van der Waals surface area contributed by atoms with Crippen LogP contribution in [0.2, 0.25) is 0 Å². The van der Waals surface area contributed by atoms with Crippen LogP contribution in [-0.2, 0) is 0 Å². The molecule has 94 valence electrons. The van der Waals surface area contributed by atoms with Crippen LogP contribution in [0.3, 0.4) is 0 Å². The van der Waals surface area contributed by atoms with Gasteiger partial charge in [0, 0.05) is 6.04 Å². The molecule has 0 heterocycles. The molecule has 0 bridgehead atoms. The van der Waals surface area contributed by atoms with E-state index in [2.05, 4.69) is 17.2 Å². The Kier molecular flexibility index (Phi) is 8.62. The molecule has 0 rings (SSSR count). The van der Waals surface area contributed by atoms with Crippen LogP contribution in [0.5, 0.6) is 0 Å². The molecule has 0 aromatic heterocycles. The van der Waals surface area contributed by atoms with E-state index >= 15 is 0 Å². The van der Waals surface area contributed by atoms with Gasteiger partial charge in [0.1, 0.15) is 0 Å². The van der Waals surface area contributed by atoms with Crippen molar-refractivity contribution in [3.8, 4) is 0 Å². The highest BCUT2D eigenvalue weighted by Gasteiger charge is 2.10. The molecule has 0 aliphatic carbocycles. The Hall–Kier alpha value is -1.03. The largest absolute Gasteiger partial charge is 0.394 e. The highest BCUT2D eigenvalue weighted by atomic mass is 16.3. The Bertz CT molecular complexity index is 203. The van der Waals surface area contributed by atoms with E-state index in [0.29, 0.717) is 0 Å². The summed E-state index contributed by atoms with van der Waals surface area (Å²) in [4.78, 5) is 11.5. The topological polar surface area (TPSA) is 61.4 Å². The van der Waals surface area contributed by atoms with Crippen LogP contribution >= 0.6 is 0 Å². The highest BCUT2D eigenvalue weighted by molar-refractivity contribution is 5.74. The number of aliphatic hydroxyl groups excluding tert-OH is 1. The summed E-state index contributed by atoms with van der Waals surface area (Å²) in [5.74, 6) is 0. The first-order chi connectivity index (χ1) is 7.63. The number of urea groups is 1. The fraction of sp³-hybridized carbons (Fsp3) is 0.750. The number of carbonyl (C=O) groups is 1. The van der Waals surface area contributed by atoms with Gasteiger partial charge in [0.25, 0.3) is 0 Å². The van der Waals surface area contributed by atoms with Gasteiger partial charge < -0.3 is 15.7 Å². The zero-order valence-electron chi connectivity index (χ0n) is 10.3. The minimum absolute atomic E-state index is 0.0191. The smallest absolute Gasteiger partial charge is 0.315 e. The van der Waals surface area contributed by atoms with Crippen LogP contribution in [0.4, 0.5) is 4.79 Å². The summed E-state index contributed by atoms with van der Waals surface area (Å²) in [6.07, 6.45) is 5.56. The molecular weight excluding hydrogens is 204 g/mol. The molecule has 2 atom stereocenters. The standard InChI is InChI=1S/C12H24N2O2/c1-4-6-7-8-10(3)13-12(16)14-11(5-2)9-15/h4,10-11,15H,1,5-9H2,2-3H3,(H2,13,14,16). The summed E-state index contributed by atoms with van der Waals surface area (Å²) >= 11 is 0. The molecule has 0 aliphatic rings. The number of nitrogens with one attached hydrogen (secondary N) is 2. The van der Waals surface area contributed by atoms with E-state index < -0.39 is 0 Å². The minimum Gasteiger partial charge on any atom is -0.394 e. The fourth-order valence-corrected chi connectivity index (χ4v) is 1.37. The maximum Gasteiger partial charge on any atom is 0.315 e. The average Bonchev–Trinajstić information content (AvgIpc) is 2.26. The van der Waals surface area contributed by atoms with E-state index in [4.69, 9.17) is 5.11 Å². The maximum absolute atomic E-state index is 11.5. The van der Waals surface area contributed by atoms with Crippen molar-refractivity contribution < 1.29 is 9.90 Å². The van der Waals surface area contributed by atoms with Crippen LogP contribution in [0.15, 0.2) is 12.7 Å². The Balaban J connectivity index is 3.72. The Morgan fingerprint density at radius 3 is 2.69 bits per heavy atom. The second kappa shape index (κ2) is 9.21. The lowest BCUT2D eigenvalue weighted by molar-refractivity contribution is 0.212. The maximum atomic E-state index is 11.5. The van der Waals surface area contributed by atoms with Crippen molar-refractivity contribution in [2.75, 3.05) is 6.61 Å². The van der Waals surface area contributed by atoms with Crippen molar-refractivity contribution in [2.45, 2.75) is 51.6 Å². The van der Waals surface area contributed by atoms with Crippen molar-refractivity contribution >= 4 is 6.03 Å². The molecule has 0 saturated carbocycles. The molecular formula is C12H24N2O2. The van der Waals surface area contributed by atoms with Crippen LogP contribution in [0.25, 0.3) is 0 Å². The molecule has 0 aliphatic heterocycles. The predicted octanol–water partition coefficient (Wildman–Crippen LogP) is 1.80. The van der Waals surface area contributed by atoms with Gasteiger partial charge in [-0.15, -0.1) is 6.58 Å². The number of allylic oxidation sites excluding steroid dienone is 1. The van der Waals surface area contributed by atoms with Crippen LogP contribution in [-0.4, -0.2) is 29.8 Å². The van der Waals surface area contributed by atoms with Crippen molar-refractivity contribution in [3.05, 3.63) is 12.7 Å². The lowest BCUT2D eigenvalue weighted by Crippen LogP contribution is -2.46. The number of aliphatic hydroxyl groups is 1. The lowest BCUT2D eigenvalue weighted by atomic mass is 10.1. The second-order valence-electron chi connectivity index (χ2n) is 4.03. The average molecular weight is 228 g/mol. The number of rotatable bonds is 8. The molecule has 16 heavy (non-hydrogen) atoms. The van der Waals surface area contributed by atoms with Gasteiger partial charge in [0.2, 0.25) is 0 Å².